The number of amidine groups is 1. The zero-order valence-electron chi connectivity index (χ0n) is 4.41. The van der Waals surface area contributed by atoms with Crippen molar-refractivity contribution in [1.29, 1.82) is 0 Å². The van der Waals surface area contributed by atoms with Crippen molar-refractivity contribution in [2.75, 3.05) is 0 Å². The number of rotatable bonds is 0. The van der Waals surface area contributed by atoms with Crippen LogP contribution in [0.3, 0.4) is 0 Å². The molecule has 0 spiro atoms. The molecule has 0 saturated heterocycles. The second kappa shape index (κ2) is 2.14. The number of amides is 2. The lowest BCUT2D eigenvalue weighted by Crippen LogP contribution is -2.29. The third kappa shape index (κ3) is 1.26. The van der Waals surface area contributed by atoms with Gasteiger partial charge in [-0.05, 0) is 0 Å². The molecule has 9 heavy (non-hydrogen) atoms. The normalized spacial score (nSPS) is 26.1. The van der Waals surface area contributed by atoms with Gasteiger partial charge in [0.15, 0.2) is 0 Å². The van der Waals surface area contributed by atoms with Crippen LogP contribution in [-0.4, -0.2) is 23.5 Å². The van der Waals surface area contributed by atoms with Gasteiger partial charge in [0.05, 0.1) is 0 Å². The number of hydrogen-bond acceptors (Lipinski definition) is 2. The first-order valence-corrected chi connectivity index (χ1v) is 2.70. The summed E-state index contributed by atoms with van der Waals surface area (Å²) in [5, 5.41) is -0.525. The van der Waals surface area contributed by atoms with Gasteiger partial charge >= 0.3 is 6.03 Å². The maximum Gasteiger partial charge on any atom is 0.368 e. The molecule has 4 nitrogen and oxygen atoms in total. The van der Waals surface area contributed by atoms with Gasteiger partial charge in [-0.25, -0.2) is 9.79 Å². The van der Waals surface area contributed by atoms with Gasteiger partial charge in [-0.1, -0.05) is 0 Å². The van der Waals surface area contributed by atoms with Crippen LogP contribution >= 0.6 is 11.6 Å². The first kappa shape index (κ1) is 6.22. The van der Waals surface area contributed by atoms with Crippen LogP contribution in [0.4, 0.5) is 4.79 Å². The Morgan fingerprint density at radius 3 is 2.89 bits per heavy atom. The molecule has 0 aliphatic carbocycles. The van der Waals surface area contributed by atoms with E-state index in [2.05, 4.69) is 9.98 Å². The first-order valence-electron chi connectivity index (χ1n) is 2.26. The van der Waals surface area contributed by atoms with Crippen molar-refractivity contribution in [2.45, 2.75) is 5.38 Å². The fourth-order valence-electron chi connectivity index (χ4n) is 0.407. The molecule has 0 aromatic heterocycles. The predicted molar refractivity (Wildman–Crippen MR) is 35.2 cm³/mol. The Morgan fingerprint density at radius 1 is 1.78 bits per heavy atom. The van der Waals surface area contributed by atoms with Crippen molar-refractivity contribution in [2.24, 2.45) is 15.7 Å². The number of carbonyl (C=O) groups excluding carboxylic acids is 1. The summed E-state index contributed by atoms with van der Waals surface area (Å²) in [4.78, 5) is 16.9. The second-order valence-corrected chi connectivity index (χ2v) is 1.97. The summed E-state index contributed by atoms with van der Waals surface area (Å²) in [7, 11) is 0. The Bertz CT molecular complexity index is 198. The average molecular weight is 146 g/mol. The lowest BCUT2D eigenvalue weighted by molar-refractivity contribution is 0.257. The van der Waals surface area contributed by atoms with E-state index >= 15 is 0 Å². The highest BCUT2D eigenvalue weighted by Gasteiger charge is 2.12. The molecule has 1 aliphatic heterocycles. The molecular weight excluding hydrogens is 142 g/mol. The van der Waals surface area contributed by atoms with Gasteiger partial charge in [-0.3, -0.25) is 0 Å². The molecule has 1 atom stereocenters. The van der Waals surface area contributed by atoms with E-state index in [1.165, 1.54) is 6.21 Å². The lowest BCUT2D eigenvalue weighted by Gasteiger charge is -2.03. The summed E-state index contributed by atoms with van der Waals surface area (Å²) in [6.45, 7) is 0. The van der Waals surface area contributed by atoms with E-state index in [0.29, 0.717) is 0 Å². The Balaban J connectivity index is 2.82. The van der Waals surface area contributed by atoms with Crippen LogP contribution in [0.1, 0.15) is 0 Å². The minimum absolute atomic E-state index is 0.108. The summed E-state index contributed by atoms with van der Waals surface area (Å²) in [5.41, 5.74) is 5.17. The van der Waals surface area contributed by atoms with Gasteiger partial charge in [0.2, 0.25) is 0 Å². The quantitative estimate of drug-likeness (QED) is 0.493. The zero-order valence-corrected chi connectivity index (χ0v) is 5.17. The molecule has 0 aromatic carbocycles. The number of nitrogens with two attached hydrogens (primary N) is 1. The number of urea groups is 1. The van der Waals surface area contributed by atoms with Gasteiger partial charge in [0.1, 0.15) is 11.2 Å². The van der Waals surface area contributed by atoms with Gasteiger partial charge in [-0.2, -0.15) is 4.99 Å². The predicted octanol–water partition coefficient (Wildman–Crippen LogP) is 0.155. The highest BCUT2D eigenvalue weighted by Crippen LogP contribution is 1.99. The van der Waals surface area contributed by atoms with Gasteiger partial charge < -0.3 is 5.73 Å². The lowest BCUT2D eigenvalue weighted by atomic mass is 10.4. The van der Waals surface area contributed by atoms with Crippen molar-refractivity contribution >= 4 is 29.7 Å². The van der Waals surface area contributed by atoms with Crippen LogP contribution in [0.15, 0.2) is 9.98 Å². The Kier molecular flexibility index (Phi) is 1.48. The number of hydrogen-bond donors (Lipinski definition) is 1. The molecule has 2 amide bonds. The largest absolute Gasteiger partial charge is 0.385 e. The van der Waals surface area contributed by atoms with E-state index in [9.17, 15) is 4.79 Å². The van der Waals surface area contributed by atoms with Crippen LogP contribution in [-0.2, 0) is 0 Å². The van der Waals surface area contributed by atoms with E-state index < -0.39 is 11.4 Å². The highest BCUT2D eigenvalue weighted by molar-refractivity contribution is 6.41. The topological polar surface area (TPSA) is 67.8 Å². The minimum atomic E-state index is -0.593. The molecule has 1 rings (SSSR count). The summed E-state index contributed by atoms with van der Waals surface area (Å²) in [5.74, 6) is 0.108. The van der Waals surface area contributed by atoms with Gasteiger partial charge in [-0.15, -0.1) is 11.6 Å². The maximum atomic E-state index is 10.3. The summed E-state index contributed by atoms with van der Waals surface area (Å²) >= 11 is 5.48. The van der Waals surface area contributed by atoms with Gasteiger partial charge in [0, 0.05) is 6.21 Å². The molecule has 1 aliphatic rings. The van der Waals surface area contributed by atoms with Crippen LogP contribution < -0.4 is 5.73 Å². The number of nitrogens with zero attached hydrogens (tertiary/aromatic N) is 2. The molecule has 0 fully saturated rings. The van der Waals surface area contributed by atoms with E-state index in [-0.39, 0.29) is 5.84 Å². The van der Waals surface area contributed by atoms with Crippen molar-refractivity contribution in [3.8, 4) is 0 Å². The van der Waals surface area contributed by atoms with Crippen molar-refractivity contribution < 1.29 is 4.79 Å². The third-order valence-electron chi connectivity index (χ3n) is 0.823. The number of alkyl halides is 1. The van der Waals surface area contributed by atoms with Crippen LogP contribution in [0, 0.1) is 0 Å². The molecule has 2 N–H and O–H groups in total. The molecule has 0 bridgehead atoms. The maximum absolute atomic E-state index is 10.3. The number of aliphatic imine (C=N–C) groups is 2. The average Bonchev–Trinajstić information content (AvgIpc) is 1.80. The fourth-order valence-corrected chi connectivity index (χ4v) is 0.512. The van der Waals surface area contributed by atoms with Crippen LogP contribution in [0.2, 0.25) is 0 Å². The van der Waals surface area contributed by atoms with Crippen molar-refractivity contribution in [1.82, 2.24) is 0 Å². The van der Waals surface area contributed by atoms with Crippen LogP contribution in [0.5, 0.6) is 0 Å². The molecule has 0 saturated carbocycles. The summed E-state index contributed by atoms with van der Waals surface area (Å²) in [6.07, 6.45) is 1.26. The minimum Gasteiger partial charge on any atom is -0.385 e. The van der Waals surface area contributed by atoms with E-state index in [1.54, 1.807) is 0 Å². The number of halogens is 1. The Labute approximate surface area is 56.4 Å². The molecule has 0 radical (unpaired) electrons. The summed E-state index contributed by atoms with van der Waals surface area (Å²) in [6, 6.07) is -0.593. The van der Waals surface area contributed by atoms with E-state index in [0.717, 1.165) is 0 Å². The van der Waals surface area contributed by atoms with E-state index in [4.69, 9.17) is 17.3 Å². The molecule has 0 aromatic rings. The van der Waals surface area contributed by atoms with Gasteiger partial charge in [0.25, 0.3) is 0 Å². The Hall–Kier alpha value is -0.900. The van der Waals surface area contributed by atoms with Crippen molar-refractivity contribution in [3.63, 3.8) is 0 Å². The molecule has 5 heteroatoms. The summed E-state index contributed by atoms with van der Waals surface area (Å²) < 4.78 is 0. The second-order valence-electron chi connectivity index (χ2n) is 1.50. The molecule has 1 heterocycles. The SMILES string of the molecule is NC1=NC(=O)N=CC1Cl. The van der Waals surface area contributed by atoms with Crippen LogP contribution in [0.25, 0.3) is 0 Å². The molecule has 48 valence electrons. The number of carbonyl (C=O) groups is 1. The standard InChI is InChI=1S/C4H4ClN3O/c5-2-1-7-4(9)8-3(2)6/h1-2H,(H2,6,8,9). The van der Waals surface area contributed by atoms with Crippen molar-refractivity contribution in [3.05, 3.63) is 0 Å². The van der Waals surface area contributed by atoms with E-state index in [1.807, 2.05) is 0 Å². The Morgan fingerprint density at radius 2 is 2.44 bits per heavy atom. The fraction of sp³-hybridized carbons (Fsp3) is 0.250. The smallest absolute Gasteiger partial charge is 0.368 e. The monoisotopic (exact) mass is 145 g/mol. The molecular formula is C4H4ClN3O. The molecule has 1 unspecified atom stereocenters. The first-order chi connectivity index (χ1) is 4.20. The third-order valence-corrected chi connectivity index (χ3v) is 1.16. The zero-order chi connectivity index (χ0) is 6.85. The highest BCUT2D eigenvalue weighted by atomic mass is 35.5.